The summed E-state index contributed by atoms with van der Waals surface area (Å²) in [6.07, 6.45) is 8.09. The number of pyridine rings is 1. The molecule has 1 aliphatic heterocycles. The van der Waals surface area contributed by atoms with E-state index in [9.17, 15) is 9.18 Å². The van der Waals surface area contributed by atoms with E-state index < -0.39 is 0 Å². The molecule has 28 heavy (non-hydrogen) atoms. The first-order chi connectivity index (χ1) is 13.7. The second-order valence-corrected chi connectivity index (χ2v) is 6.64. The quantitative estimate of drug-likeness (QED) is 0.690. The average molecular weight is 378 g/mol. The first-order valence-corrected chi connectivity index (χ1v) is 9.14. The van der Waals surface area contributed by atoms with Crippen LogP contribution in [0.15, 0.2) is 61.2 Å². The molecule has 0 aliphatic carbocycles. The van der Waals surface area contributed by atoms with Crippen molar-refractivity contribution in [3.63, 3.8) is 0 Å². The van der Waals surface area contributed by atoms with Gasteiger partial charge < -0.3 is 9.64 Å². The smallest absolute Gasteiger partial charge is 0.255 e. The third-order valence-corrected chi connectivity index (χ3v) is 4.71. The minimum Gasteiger partial charge on any atom is -0.437 e. The number of hydrogen-bond acceptors (Lipinski definition) is 5. The van der Waals surface area contributed by atoms with Gasteiger partial charge in [-0.05, 0) is 37.1 Å². The third kappa shape index (κ3) is 3.98. The monoisotopic (exact) mass is 378 g/mol. The van der Waals surface area contributed by atoms with Crippen molar-refractivity contribution < 1.29 is 13.9 Å². The fourth-order valence-corrected chi connectivity index (χ4v) is 3.39. The van der Waals surface area contributed by atoms with Gasteiger partial charge in [0.2, 0.25) is 5.88 Å². The Bertz CT molecular complexity index is 967. The Kier molecular flexibility index (Phi) is 5.23. The Morgan fingerprint density at radius 3 is 2.86 bits per heavy atom. The van der Waals surface area contributed by atoms with Crippen LogP contribution in [0.4, 0.5) is 4.39 Å². The molecule has 0 radical (unpaired) electrons. The van der Waals surface area contributed by atoms with Crippen molar-refractivity contribution in [3.8, 4) is 11.6 Å². The van der Waals surface area contributed by atoms with E-state index in [1.165, 1.54) is 12.1 Å². The van der Waals surface area contributed by atoms with E-state index in [1.54, 1.807) is 49.1 Å². The van der Waals surface area contributed by atoms with E-state index in [2.05, 4.69) is 15.0 Å². The average Bonchev–Trinajstić information content (AvgIpc) is 2.74. The molecule has 1 atom stereocenters. The van der Waals surface area contributed by atoms with E-state index in [0.29, 0.717) is 36.0 Å². The maximum atomic E-state index is 13.5. The van der Waals surface area contributed by atoms with Gasteiger partial charge in [0.1, 0.15) is 17.3 Å². The third-order valence-electron chi connectivity index (χ3n) is 4.71. The standard InChI is InChI=1S/C21H19FN4O2/c22-17-6-1-7-18(12-17)28-20-19(24-9-10-25-20)16-5-3-11-26(14-16)21(27)15-4-2-8-23-13-15/h1-2,4,6-10,12-13,16H,3,5,11,14H2/t16-/m1/s1. The number of ether oxygens (including phenoxy) is 1. The van der Waals surface area contributed by atoms with Crippen LogP contribution in [0, 0.1) is 5.82 Å². The number of benzene rings is 1. The van der Waals surface area contributed by atoms with Crippen LogP contribution < -0.4 is 4.74 Å². The van der Waals surface area contributed by atoms with Crippen LogP contribution in [0.1, 0.15) is 34.8 Å². The summed E-state index contributed by atoms with van der Waals surface area (Å²) in [4.78, 5) is 27.3. The first-order valence-electron chi connectivity index (χ1n) is 9.14. The van der Waals surface area contributed by atoms with Gasteiger partial charge in [0, 0.05) is 49.9 Å². The molecule has 142 valence electrons. The molecule has 2 aromatic heterocycles. The van der Waals surface area contributed by atoms with Gasteiger partial charge in [-0.2, -0.15) is 0 Å². The van der Waals surface area contributed by atoms with Crippen molar-refractivity contribution >= 4 is 5.91 Å². The predicted molar refractivity (Wildman–Crippen MR) is 101 cm³/mol. The summed E-state index contributed by atoms with van der Waals surface area (Å²) in [6, 6.07) is 9.42. The highest BCUT2D eigenvalue weighted by Gasteiger charge is 2.29. The zero-order valence-corrected chi connectivity index (χ0v) is 15.2. The molecule has 0 unspecified atom stereocenters. The van der Waals surface area contributed by atoms with Crippen LogP contribution >= 0.6 is 0 Å². The fraction of sp³-hybridized carbons (Fsp3) is 0.238. The topological polar surface area (TPSA) is 68.2 Å². The van der Waals surface area contributed by atoms with Crippen LogP contribution in [0.2, 0.25) is 0 Å². The first kappa shape index (κ1) is 18.0. The van der Waals surface area contributed by atoms with Crippen LogP contribution in [0.25, 0.3) is 0 Å². The highest BCUT2D eigenvalue weighted by atomic mass is 19.1. The molecule has 7 heteroatoms. The molecular weight excluding hydrogens is 359 g/mol. The number of aromatic nitrogens is 3. The molecule has 1 aromatic carbocycles. The van der Waals surface area contributed by atoms with Crippen LogP contribution in [0.3, 0.4) is 0 Å². The van der Waals surface area contributed by atoms with Crippen molar-refractivity contribution in [2.45, 2.75) is 18.8 Å². The lowest BCUT2D eigenvalue weighted by Gasteiger charge is -2.32. The maximum Gasteiger partial charge on any atom is 0.255 e. The van der Waals surface area contributed by atoms with Crippen LogP contribution in [0.5, 0.6) is 11.6 Å². The minimum absolute atomic E-state index is 0.00775. The number of carbonyl (C=O) groups excluding carboxylic acids is 1. The molecule has 1 saturated heterocycles. The molecule has 4 rings (SSSR count). The van der Waals surface area contributed by atoms with Crippen LogP contribution in [-0.2, 0) is 0 Å². The molecule has 3 aromatic rings. The number of piperidine rings is 1. The molecule has 1 amide bonds. The van der Waals surface area contributed by atoms with Gasteiger partial charge in [0.15, 0.2) is 0 Å². The van der Waals surface area contributed by atoms with Gasteiger partial charge >= 0.3 is 0 Å². The second kappa shape index (κ2) is 8.12. The highest BCUT2D eigenvalue weighted by molar-refractivity contribution is 5.94. The number of nitrogens with zero attached hydrogens (tertiary/aromatic N) is 4. The molecule has 0 saturated carbocycles. The maximum absolute atomic E-state index is 13.5. The Morgan fingerprint density at radius 2 is 2.04 bits per heavy atom. The van der Waals surface area contributed by atoms with Crippen molar-refractivity contribution in [2.75, 3.05) is 13.1 Å². The molecule has 0 spiro atoms. The number of rotatable bonds is 4. The largest absolute Gasteiger partial charge is 0.437 e. The minimum atomic E-state index is -0.381. The number of amides is 1. The summed E-state index contributed by atoms with van der Waals surface area (Å²) in [7, 11) is 0. The lowest BCUT2D eigenvalue weighted by Crippen LogP contribution is -2.39. The summed E-state index contributed by atoms with van der Waals surface area (Å²) in [5.41, 5.74) is 1.24. The van der Waals surface area contributed by atoms with E-state index >= 15 is 0 Å². The number of halogens is 1. The van der Waals surface area contributed by atoms with Gasteiger partial charge in [-0.25, -0.2) is 9.37 Å². The summed E-state index contributed by atoms with van der Waals surface area (Å²) >= 11 is 0. The molecular formula is C21H19FN4O2. The molecule has 1 fully saturated rings. The molecule has 0 N–H and O–H groups in total. The molecule has 1 aliphatic rings. The fourth-order valence-electron chi connectivity index (χ4n) is 3.39. The van der Waals surface area contributed by atoms with Crippen LogP contribution in [-0.4, -0.2) is 38.8 Å². The molecule has 0 bridgehead atoms. The van der Waals surface area contributed by atoms with Gasteiger partial charge in [0.25, 0.3) is 5.91 Å². The Morgan fingerprint density at radius 1 is 1.14 bits per heavy atom. The lowest BCUT2D eigenvalue weighted by molar-refractivity contribution is 0.0704. The summed E-state index contributed by atoms with van der Waals surface area (Å²) in [5, 5.41) is 0. The Balaban J connectivity index is 1.55. The molecule has 3 heterocycles. The van der Waals surface area contributed by atoms with Crippen molar-refractivity contribution in [3.05, 3.63) is 78.3 Å². The van der Waals surface area contributed by atoms with E-state index in [-0.39, 0.29) is 17.6 Å². The Labute approximate surface area is 162 Å². The number of likely N-dealkylation sites (tertiary alicyclic amines) is 1. The zero-order valence-electron chi connectivity index (χ0n) is 15.2. The zero-order chi connectivity index (χ0) is 19.3. The van der Waals surface area contributed by atoms with E-state index in [1.807, 2.05) is 4.90 Å². The van der Waals surface area contributed by atoms with Crippen molar-refractivity contribution in [1.82, 2.24) is 19.9 Å². The van der Waals surface area contributed by atoms with Crippen molar-refractivity contribution in [1.29, 1.82) is 0 Å². The van der Waals surface area contributed by atoms with Crippen molar-refractivity contribution in [2.24, 2.45) is 0 Å². The van der Waals surface area contributed by atoms with Gasteiger partial charge in [-0.15, -0.1) is 0 Å². The number of carbonyl (C=O) groups is 1. The normalized spacial score (nSPS) is 16.6. The van der Waals surface area contributed by atoms with Gasteiger partial charge in [-0.1, -0.05) is 6.07 Å². The summed E-state index contributed by atoms with van der Waals surface area (Å²) < 4.78 is 19.3. The highest BCUT2D eigenvalue weighted by Crippen LogP contribution is 2.33. The van der Waals surface area contributed by atoms with E-state index in [4.69, 9.17) is 4.74 Å². The second-order valence-electron chi connectivity index (χ2n) is 6.64. The summed E-state index contributed by atoms with van der Waals surface area (Å²) in [5.74, 6) is 0.268. The SMILES string of the molecule is O=C(c1cccnc1)N1CCC[C@@H](c2nccnc2Oc2cccc(F)c2)C1. The summed E-state index contributed by atoms with van der Waals surface area (Å²) in [6.45, 7) is 1.20. The van der Waals surface area contributed by atoms with Gasteiger partial charge in [-0.3, -0.25) is 14.8 Å². The molecule has 6 nitrogen and oxygen atoms in total. The Hall–Kier alpha value is -3.35. The number of hydrogen-bond donors (Lipinski definition) is 0. The van der Waals surface area contributed by atoms with Gasteiger partial charge in [0.05, 0.1) is 5.56 Å². The van der Waals surface area contributed by atoms with E-state index in [0.717, 1.165) is 12.8 Å². The lowest BCUT2D eigenvalue weighted by atomic mass is 9.94. The predicted octanol–water partition coefficient (Wildman–Crippen LogP) is 3.82.